The zero-order valence-corrected chi connectivity index (χ0v) is 16.2. The van der Waals surface area contributed by atoms with Crippen molar-refractivity contribution < 1.29 is 36.7 Å². The van der Waals surface area contributed by atoms with E-state index in [2.05, 4.69) is 15.0 Å². The molecule has 31 heavy (non-hydrogen) atoms. The average Bonchev–Trinajstić information content (AvgIpc) is 3.12. The lowest BCUT2D eigenvalue weighted by molar-refractivity contribution is -0.274. The molecular formula is C21H17F3N2O5. The summed E-state index contributed by atoms with van der Waals surface area (Å²) in [4.78, 5) is 27.5. The summed E-state index contributed by atoms with van der Waals surface area (Å²) in [6, 6.07) is 12.1. The van der Waals surface area contributed by atoms with Crippen molar-refractivity contribution in [3.05, 3.63) is 77.4 Å². The van der Waals surface area contributed by atoms with E-state index in [1.807, 2.05) is 6.07 Å². The maximum Gasteiger partial charge on any atom is 0.573 e. The molecule has 1 aromatic heterocycles. The van der Waals surface area contributed by atoms with E-state index in [9.17, 15) is 22.8 Å². The van der Waals surface area contributed by atoms with Crippen molar-refractivity contribution in [2.75, 3.05) is 5.32 Å². The van der Waals surface area contributed by atoms with Crippen LogP contribution in [0.2, 0.25) is 0 Å². The SMILES string of the molecule is CC(=O)c1cccc(Cc2nc(NC(=O)OCc3cccc(OC(F)(F)F)c3)co2)c1. The molecule has 7 nitrogen and oxygen atoms in total. The minimum atomic E-state index is -4.81. The maximum absolute atomic E-state index is 12.3. The average molecular weight is 434 g/mol. The summed E-state index contributed by atoms with van der Waals surface area (Å²) in [5.41, 5.74) is 1.68. The molecule has 0 atom stereocenters. The molecule has 0 fully saturated rings. The Morgan fingerprint density at radius 1 is 1.10 bits per heavy atom. The number of amides is 1. The number of carbonyl (C=O) groups excluding carboxylic acids is 2. The van der Waals surface area contributed by atoms with Crippen LogP contribution in [0.1, 0.15) is 34.3 Å². The van der Waals surface area contributed by atoms with Crippen molar-refractivity contribution in [2.45, 2.75) is 26.3 Å². The van der Waals surface area contributed by atoms with Gasteiger partial charge in [0, 0.05) is 12.0 Å². The van der Waals surface area contributed by atoms with E-state index in [-0.39, 0.29) is 18.2 Å². The first kappa shape index (κ1) is 21.9. The highest BCUT2D eigenvalue weighted by atomic mass is 19.4. The van der Waals surface area contributed by atoms with Crippen LogP contribution >= 0.6 is 0 Å². The molecule has 0 unspecified atom stereocenters. The van der Waals surface area contributed by atoms with Gasteiger partial charge in [0.15, 0.2) is 17.5 Å². The molecule has 3 rings (SSSR count). The number of halogens is 3. The second-order valence-corrected chi connectivity index (χ2v) is 6.46. The Labute approximate surface area is 174 Å². The van der Waals surface area contributed by atoms with Gasteiger partial charge in [-0.15, -0.1) is 13.2 Å². The third-order valence-electron chi connectivity index (χ3n) is 3.97. The van der Waals surface area contributed by atoms with Crippen molar-refractivity contribution in [2.24, 2.45) is 0 Å². The van der Waals surface area contributed by atoms with Gasteiger partial charge in [-0.2, -0.15) is 4.98 Å². The summed E-state index contributed by atoms with van der Waals surface area (Å²) in [6.07, 6.45) is -4.14. The number of ether oxygens (including phenoxy) is 2. The summed E-state index contributed by atoms with van der Waals surface area (Å²) >= 11 is 0. The molecule has 10 heteroatoms. The fourth-order valence-corrected chi connectivity index (χ4v) is 2.65. The van der Waals surface area contributed by atoms with Gasteiger partial charge >= 0.3 is 12.5 Å². The Morgan fingerprint density at radius 3 is 2.58 bits per heavy atom. The standard InChI is InChI=1S/C21H17F3N2O5/c1-13(27)16-6-2-4-14(8-16)10-19-25-18(12-29-19)26-20(28)30-11-15-5-3-7-17(9-15)31-21(22,23)24/h2-9,12H,10-11H2,1H3,(H,26,28). The molecule has 0 bridgehead atoms. The molecule has 162 valence electrons. The van der Waals surface area contributed by atoms with Gasteiger partial charge < -0.3 is 13.9 Å². The Balaban J connectivity index is 1.53. The number of carbonyl (C=O) groups is 2. The lowest BCUT2D eigenvalue weighted by atomic mass is 10.1. The minimum Gasteiger partial charge on any atom is -0.446 e. The van der Waals surface area contributed by atoms with Crippen LogP contribution in [0.3, 0.4) is 0 Å². The van der Waals surface area contributed by atoms with Crippen LogP contribution in [0.5, 0.6) is 5.75 Å². The van der Waals surface area contributed by atoms with E-state index >= 15 is 0 Å². The second kappa shape index (κ2) is 9.33. The second-order valence-electron chi connectivity index (χ2n) is 6.46. The summed E-state index contributed by atoms with van der Waals surface area (Å²) in [6.45, 7) is 1.20. The molecule has 0 aliphatic carbocycles. The monoisotopic (exact) mass is 434 g/mol. The molecule has 0 spiro atoms. The molecule has 0 saturated heterocycles. The number of rotatable bonds is 7. The van der Waals surface area contributed by atoms with Crippen molar-refractivity contribution in [1.29, 1.82) is 0 Å². The van der Waals surface area contributed by atoms with Gasteiger partial charge in [-0.1, -0.05) is 30.3 Å². The predicted molar refractivity (Wildman–Crippen MR) is 103 cm³/mol. The van der Waals surface area contributed by atoms with Crippen LogP contribution in [0.15, 0.2) is 59.2 Å². The van der Waals surface area contributed by atoms with E-state index < -0.39 is 18.2 Å². The van der Waals surface area contributed by atoms with E-state index in [1.54, 1.807) is 18.2 Å². The predicted octanol–water partition coefficient (Wildman–Crippen LogP) is 5.12. The Morgan fingerprint density at radius 2 is 1.84 bits per heavy atom. The fourth-order valence-electron chi connectivity index (χ4n) is 2.65. The van der Waals surface area contributed by atoms with Gasteiger partial charge in [0.25, 0.3) is 0 Å². The molecule has 1 amide bonds. The zero-order chi connectivity index (χ0) is 22.4. The van der Waals surface area contributed by atoms with E-state index in [0.29, 0.717) is 23.4 Å². The number of benzene rings is 2. The van der Waals surface area contributed by atoms with Gasteiger partial charge in [0.2, 0.25) is 0 Å². The van der Waals surface area contributed by atoms with Gasteiger partial charge in [-0.25, -0.2) is 4.79 Å². The number of alkyl halides is 3. The molecule has 0 radical (unpaired) electrons. The summed E-state index contributed by atoms with van der Waals surface area (Å²) in [5, 5.41) is 2.37. The molecular weight excluding hydrogens is 417 g/mol. The molecule has 1 heterocycles. The van der Waals surface area contributed by atoms with Crippen LogP contribution in [0.25, 0.3) is 0 Å². The summed E-state index contributed by atoms with van der Waals surface area (Å²) in [7, 11) is 0. The molecule has 1 N–H and O–H groups in total. The maximum atomic E-state index is 12.3. The normalized spacial score (nSPS) is 11.1. The van der Waals surface area contributed by atoms with Crippen LogP contribution in [0, 0.1) is 0 Å². The number of oxazole rings is 1. The van der Waals surface area contributed by atoms with Crippen molar-refractivity contribution in [1.82, 2.24) is 4.98 Å². The largest absolute Gasteiger partial charge is 0.573 e. The van der Waals surface area contributed by atoms with Crippen LogP contribution in [0.4, 0.5) is 23.8 Å². The van der Waals surface area contributed by atoms with Crippen LogP contribution in [-0.4, -0.2) is 23.2 Å². The molecule has 2 aromatic carbocycles. The van der Waals surface area contributed by atoms with Gasteiger partial charge in [0.05, 0.1) is 0 Å². The number of aromatic nitrogens is 1. The third kappa shape index (κ3) is 6.88. The quantitative estimate of drug-likeness (QED) is 0.520. The first-order valence-electron chi connectivity index (χ1n) is 9.01. The Hall–Kier alpha value is -3.82. The number of Topliss-reactive ketones (excluding diaryl/α,β-unsaturated/α-hetero) is 1. The van der Waals surface area contributed by atoms with Crippen LogP contribution < -0.4 is 10.1 Å². The van der Waals surface area contributed by atoms with Gasteiger partial charge in [-0.05, 0) is 36.2 Å². The summed E-state index contributed by atoms with van der Waals surface area (Å²) < 4.78 is 50.9. The number of hydrogen-bond acceptors (Lipinski definition) is 6. The Kier molecular flexibility index (Phi) is 6.58. The van der Waals surface area contributed by atoms with Gasteiger partial charge in [-0.3, -0.25) is 10.1 Å². The smallest absolute Gasteiger partial charge is 0.446 e. The van der Waals surface area contributed by atoms with Crippen LogP contribution in [-0.2, 0) is 17.8 Å². The molecule has 0 saturated carbocycles. The highest BCUT2D eigenvalue weighted by Gasteiger charge is 2.31. The Bertz CT molecular complexity index is 1080. The number of nitrogens with one attached hydrogen (secondary N) is 1. The lowest BCUT2D eigenvalue weighted by Gasteiger charge is -2.10. The van der Waals surface area contributed by atoms with Crippen molar-refractivity contribution >= 4 is 17.7 Å². The van der Waals surface area contributed by atoms with E-state index in [4.69, 9.17) is 9.15 Å². The first-order chi connectivity index (χ1) is 14.7. The highest BCUT2D eigenvalue weighted by Crippen LogP contribution is 2.23. The number of ketones is 1. The molecule has 3 aromatic rings. The van der Waals surface area contributed by atoms with E-state index in [0.717, 1.165) is 17.7 Å². The number of hydrogen-bond donors (Lipinski definition) is 1. The molecule has 0 aliphatic heterocycles. The topological polar surface area (TPSA) is 90.7 Å². The highest BCUT2D eigenvalue weighted by molar-refractivity contribution is 5.94. The third-order valence-corrected chi connectivity index (χ3v) is 3.97. The fraction of sp³-hybridized carbons (Fsp3) is 0.190. The van der Waals surface area contributed by atoms with E-state index in [1.165, 1.54) is 25.3 Å². The lowest BCUT2D eigenvalue weighted by Crippen LogP contribution is -2.17. The zero-order valence-electron chi connectivity index (χ0n) is 16.2. The van der Waals surface area contributed by atoms with Crippen molar-refractivity contribution in [3.8, 4) is 5.75 Å². The summed E-state index contributed by atoms with van der Waals surface area (Å²) in [5.74, 6) is -0.0521. The first-order valence-corrected chi connectivity index (χ1v) is 9.01. The minimum absolute atomic E-state index is 0.0603. The number of anilines is 1. The van der Waals surface area contributed by atoms with Crippen molar-refractivity contribution in [3.63, 3.8) is 0 Å². The van der Waals surface area contributed by atoms with Gasteiger partial charge in [0.1, 0.15) is 18.6 Å². The molecule has 0 aliphatic rings. The number of nitrogens with zero attached hydrogens (tertiary/aromatic N) is 1.